The van der Waals surface area contributed by atoms with Gasteiger partial charge in [-0.15, -0.1) is 0 Å². The molecule has 7 rings (SSSR count). The summed E-state index contributed by atoms with van der Waals surface area (Å²) in [4.78, 5) is 44.7. The normalized spacial score (nSPS) is 27.9. The molecule has 51 heavy (non-hydrogen) atoms. The number of aromatic nitrogens is 1. The van der Waals surface area contributed by atoms with E-state index in [1.165, 1.54) is 24.3 Å². The molecule has 0 amide bonds. The lowest BCUT2D eigenvalue weighted by atomic mass is 9.50. The Hall–Kier alpha value is -5.15. The summed E-state index contributed by atoms with van der Waals surface area (Å²) in [7, 11) is 0. The number of hydrogen-bond acceptors (Lipinski definition) is 11. The number of nitrogens with zero attached hydrogens (tertiary/aromatic N) is 2. The number of ketones is 1. The molecule has 5 unspecified atom stereocenters. The highest BCUT2D eigenvalue weighted by Gasteiger charge is 2.65. The highest BCUT2D eigenvalue weighted by Crippen LogP contribution is 2.61. The summed E-state index contributed by atoms with van der Waals surface area (Å²) in [5.41, 5.74) is -0.288. The van der Waals surface area contributed by atoms with Crippen molar-refractivity contribution in [3.05, 3.63) is 117 Å². The molecule has 1 saturated carbocycles. The van der Waals surface area contributed by atoms with Crippen LogP contribution in [0, 0.1) is 41.4 Å². The first kappa shape index (κ1) is 34.3. The number of fused-ring (bicyclic) bond motifs is 2. The van der Waals surface area contributed by atoms with Gasteiger partial charge in [0.2, 0.25) is 12.1 Å². The molecule has 2 aromatic heterocycles. The molecular weight excluding hydrogens is 652 g/mol. The number of aliphatic hydroxyl groups excluding tert-OH is 1. The Morgan fingerprint density at radius 1 is 1.02 bits per heavy atom. The molecule has 11 nitrogen and oxygen atoms in total. The van der Waals surface area contributed by atoms with Gasteiger partial charge in [0.15, 0.2) is 0 Å². The largest absolute Gasteiger partial charge is 0.482 e. The minimum Gasteiger partial charge on any atom is -0.482 e. The predicted octanol–water partition coefficient (Wildman–Crippen LogP) is 5.83. The van der Waals surface area contributed by atoms with Crippen molar-refractivity contribution < 1.29 is 38.1 Å². The van der Waals surface area contributed by atoms with E-state index >= 15 is 0 Å². The van der Waals surface area contributed by atoms with Crippen LogP contribution in [0.5, 0.6) is 5.75 Å². The van der Waals surface area contributed by atoms with Gasteiger partial charge < -0.3 is 28.5 Å². The van der Waals surface area contributed by atoms with E-state index in [1.807, 2.05) is 39.0 Å². The van der Waals surface area contributed by atoms with Gasteiger partial charge in [0, 0.05) is 41.4 Å². The fraction of sp³-hybridized carbons (Fsp3) is 0.375. The second kappa shape index (κ2) is 13.2. The number of carbonyl (C=O) groups is 2. The van der Waals surface area contributed by atoms with Crippen LogP contribution in [-0.4, -0.2) is 53.1 Å². The van der Waals surface area contributed by atoms with E-state index in [4.69, 9.17) is 23.4 Å². The predicted molar refractivity (Wildman–Crippen MR) is 183 cm³/mol. The van der Waals surface area contributed by atoms with Gasteiger partial charge in [-0.3, -0.25) is 9.78 Å². The van der Waals surface area contributed by atoms with Crippen LogP contribution >= 0.6 is 0 Å². The third-order valence-corrected chi connectivity index (χ3v) is 10.9. The Morgan fingerprint density at radius 2 is 1.75 bits per heavy atom. The summed E-state index contributed by atoms with van der Waals surface area (Å²) in [6, 6.07) is 20.4. The van der Waals surface area contributed by atoms with Crippen molar-refractivity contribution >= 4 is 11.8 Å². The fourth-order valence-corrected chi connectivity index (χ4v) is 8.40. The molecule has 4 heterocycles. The van der Waals surface area contributed by atoms with E-state index in [0.29, 0.717) is 23.1 Å². The molecule has 1 N–H and O–H groups in total. The topological polar surface area (TPSA) is 158 Å². The summed E-state index contributed by atoms with van der Waals surface area (Å²) in [6.45, 7) is 8.00. The zero-order valence-corrected chi connectivity index (χ0v) is 28.7. The fourth-order valence-electron chi connectivity index (χ4n) is 8.40. The van der Waals surface area contributed by atoms with Crippen LogP contribution in [0.15, 0.2) is 88.3 Å². The first-order valence-electron chi connectivity index (χ1n) is 16.9. The number of aliphatic hydroxyl groups is 1. The van der Waals surface area contributed by atoms with Crippen molar-refractivity contribution in [3.63, 3.8) is 0 Å². The van der Waals surface area contributed by atoms with Crippen molar-refractivity contribution in [3.8, 4) is 23.1 Å². The van der Waals surface area contributed by atoms with Gasteiger partial charge in [-0.2, -0.15) is 5.26 Å². The molecule has 11 heteroatoms. The molecule has 0 bridgehead atoms. The molecule has 1 aliphatic carbocycles. The summed E-state index contributed by atoms with van der Waals surface area (Å²) in [5, 5.41) is 21.4. The lowest BCUT2D eigenvalue weighted by molar-refractivity contribution is -0.244. The van der Waals surface area contributed by atoms with Gasteiger partial charge in [-0.05, 0) is 73.6 Å². The minimum atomic E-state index is -1.35. The molecule has 1 saturated heterocycles. The average Bonchev–Trinajstić information content (AvgIpc) is 3.12. The number of hydrogen-bond donors (Lipinski definition) is 1. The van der Waals surface area contributed by atoms with Crippen LogP contribution in [0.4, 0.5) is 0 Å². The summed E-state index contributed by atoms with van der Waals surface area (Å²) in [6.07, 6.45) is 0.120. The SMILES string of the molecule is Cc1ccccc1C(=O)C1OCC(C2CC(OC(=O)c3ccc(C#N)cc3)C3(C)Oc4cc(-c5cccnc5)oc(=O)c4C(O)C3C2(C)C)CO1. The zero-order chi connectivity index (χ0) is 36.1. The molecule has 5 atom stereocenters. The highest BCUT2D eigenvalue weighted by molar-refractivity contribution is 5.99. The van der Waals surface area contributed by atoms with Crippen LogP contribution in [0.25, 0.3) is 11.3 Å². The molecular formula is C40H38N2O9. The standard InChI is InChI=1S/C40H38N2O9/c1-22-8-5-6-10-27(22)33(43)38-47-20-26(21-48-38)28-16-31(50-36(45)24-13-11-23(18-41)12-14-24)40(4)35(39(28,2)3)34(44)32-30(51-40)17-29(49-37(32)46)25-9-7-15-42-19-25/h5-15,17,19,26,28,31,34-35,38,44H,16,20-21H2,1-4H3. The van der Waals surface area contributed by atoms with Crippen molar-refractivity contribution in [2.24, 2.45) is 23.2 Å². The molecule has 262 valence electrons. The minimum absolute atomic E-state index is 0.0176. The Kier molecular flexibility index (Phi) is 8.87. The summed E-state index contributed by atoms with van der Waals surface area (Å²) < 4.78 is 30.8. The van der Waals surface area contributed by atoms with Gasteiger partial charge >= 0.3 is 11.6 Å². The van der Waals surface area contributed by atoms with E-state index in [2.05, 4.69) is 4.98 Å². The molecule has 0 spiro atoms. The number of ether oxygens (including phenoxy) is 4. The van der Waals surface area contributed by atoms with Crippen LogP contribution in [-0.2, 0) is 14.2 Å². The van der Waals surface area contributed by atoms with E-state index in [-0.39, 0.29) is 53.5 Å². The smallest absolute Gasteiger partial charge is 0.345 e. The molecule has 2 aromatic carbocycles. The maximum Gasteiger partial charge on any atom is 0.345 e. The number of aryl methyl sites for hydroxylation is 1. The van der Waals surface area contributed by atoms with Crippen LogP contribution < -0.4 is 10.4 Å². The van der Waals surface area contributed by atoms with Crippen molar-refractivity contribution in [1.82, 2.24) is 4.98 Å². The number of rotatable bonds is 6. The zero-order valence-electron chi connectivity index (χ0n) is 28.7. The first-order chi connectivity index (χ1) is 24.4. The Morgan fingerprint density at radius 3 is 2.41 bits per heavy atom. The maximum atomic E-state index is 13.7. The van der Waals surface area contributed by atoms with Crippen LogP contribution in [0.1, 0.15) is 70.7 Å². The van der Waals surface area contributed by atoms with Crippen molar-refractivity contribution in [2.45, 2.75) is 58.2 Å². The number of nitriles is 1. The molecule has 2 aliphatic heterocycles. The van der Waals surface area contributed by atoms with Crippen LogP contribution in [0.3, 0.4) is 0 Å². The second-order valence-electron chi connectivity index (χ2n) is 14.3. The van der Waals surface area contributed by atoms with Gasteiger partial charge in [0.25, 0.3) is 0 Å². The van der Waals surface area contributed by atoms with Gasteiger partial charge in [-0.1, -0.05) is 38.1 Å². The van der Waals surface area contributed by atoms with Gasteiger partial charge in [0.05, 0.1) is 36.5 Å². The van der Waals surface area contributed by atoms with Crippen LogP contribution in [0.2, 0.25) is 0 Å². The van der Waals surface area contributed by atoms with Crippen molar-refractivity contribution in [1.29, 1.82) is 5.26 Å². The number of esters is 1. The van der Waals surface area contributed by atoms with Crippen molar-refractivity contribution in [2.75, 3.05) is 13.2 Å². The molecule has 3 aliphatic rings. The van der Waals surface area contributed by atoms with E-state index in [9.17, 15) is 24.8 Å². The van der Waals surface area contributed by atoms with E-state index in [1.54, 1.807) is 49.6 Å². The summed E-state index contributed by atoms with van der Waals surface area (Å²) >= 11 is 0. The Labute approximate surface area is 294 Å². The number of carbonyl (C=O) groups excluding carboxylic acids is 2. The van der Waals surface area contributed by atoms with Gasteiger partial charge in [0.1, 0.15) is 28.8 Å². The lowest BCUT2D eigenvalue weighted by Crippen LogP contribution is -2.67. The summed E-state index contributed by atoms with van der Waals surface area (Å²) in [5.74, 6) is -1.87. The number of pyridine rings is 1. The monoisotopic (exact) mass is 690 g/mol. The molecule has 0 radical (unpaired) electrons. The molecule has 4 aromatic rings. The second-order valence-corrected chi connectivity index (χ2v) is 14.3. The average molecular weight is 691 g/mol. The highest BCUT2D eigenvalue weighted by atomic mass is 16.7. The number of Topliss-reactive ketones (excluding diaryl/α,β-unsaturated/α-hetero) is 1. The first-order valence-corrected chi connectivity index (χ1v) is 16.9. The van der Waals surface area contributed by atoms with E-state index < -0.39 is 47.0 Å². The Bertz CT molecular complexity index is 2060. The third kappa shape index (κ3) is 6.03. The van der Waals surface area contributed by atoms with Gasteiger partial charge in [-0.25, -0.2) is 9.59 Å². The quantitative estimate of drug-likeness (QED) is 0.192. The lowest BCUT2D eigenvalue weighted by Gasteiger charge is -2.61. The van der Waals surface area contributed by atoms with E-state index in [0.717, 1.165) is 5.56 Å². The maximum absolute atomic E-state index is 13.7. The third-order valence-electron chi connectivity index (χ3n) is 10.9. The molecule has 2 fully saturated rings. The number of benzene rings is 2. The Balaban J connectivity index is 1.24.